The molecule has 0 aliphatic rings. The van der Waals surface area contributed by atoms with Gasteiger partial charge in [0.25, 0.3) is 0 Å². The molecular weight excluding hydrogens is 247 g/mol. The maximum atomic E-state index is 11.8. The van der Waals surface area contributed by atoms with Gasteiger partial charge in [-0.05, 0) is 18.2 Å². The number of anilines is 1. The first-order valence-corrected chi connectivity index (χ1v) is 4.46. The Balaban J connectivity index is 2.74. The van der Waals surface area contributed by atoms with Crippen molar-refractivity contribution in [2.75, 3.05) is 12.3 Å². The quantitative estimate of drug-likeness (QED) is 0.651. The Hall–Kier alpha value is -1.43. The van der Waals surface area contributed by atoms with Gasteiger partial charge in [0.15, 0.2) is 6.61 Å². The molecule has 0 aromatic heterocycles. The predicted molar refractivity (Wildman–Crippen MR) is 52.2 cm³/mol. The van der Waals surface area contributed by atoms with Crippen LogP contribution in [0.2, 0.25) is 5.02 Å². The third kappa shape index (κ3) is 3.62. The van der Waals surface area contributed by atoms with E-state index in [2.05, 4.69) is 4.74 Å². The second kappa shape index (κ2) is 4.61. The molecule has 0 spiro atoms. The first-order valence-electron chi connectivity index (χ1n) is 4.08. The molecule has 7 heteroatoms. The summed E-state index contributed by atoms with van der Waals surface area (Å²) >= 11 is 5.56. The van der Waals surface area contributed by atoms with Crippen molar-refractivity contribution < 1.29 is 22.7 Å². The number of nitrogen functional groups attached to an aromatic ring is 1. The highest BCUT2D eigenvalue weighted by atomic mass is 35.5. The van der Waals surface area contributed by atoms with E-state index in [9.17, 15) is 18.0 Å². The predicted octanol–water partition coefficient (Wildman–Crippen LogP) is 2.64. The van der Waals surface area contributed by atoms with E-state index in [1.165, 1.54) is 18.2 Å². The van der Waals surface area contributed by atoms with Gasteiger partial charge in [-0.25, -0.2) is 4.79 Å². The fourth-order valence-corrected chi connectivity index (χ4v) is 1.13. The Bertz CT molecular complexity index is 406. The zero-order chi connectivity index (χ0) is 12.3. The molecule has 1 rings (SSSR count). The maximum absolute atomic E-state index is 11.8. The third-order valence-electron chi connectivity index (χ3n) is 1.60. The number of nitrogens with two attached hydrogens (primary N) is 1. The van der Waals surface area contributed by atoms with Crippen molar-refractivity contribution in [3.63, 3.8) is 0 Å². The van der Waals surface area contributed by atoms with E-state index in [0.717, 1.165) is 0 Å². The van der Waals surface area contributed by atoms with E-state index in [1.807, 2.05) is 0 Å². The first-order chi connectivity index (χ1) is 7.29. The van der Waals surface area contributed by atoms with Gasteiger partial charge in [-0.1, -0.05) is 11.6 Å². The number of ether oxygens (including phenoxy) is 1. The molecule has 0 amide bonds. The van der Waals surface area contributed by atoms with Crippen LogP contribution < -0.4 is 5.73 Å². The van der Waals surface area contributed by atoms with Gasteiger partial charge in [-0.15, -0.1) is 0 Å². The summed E-state index contributed by atoms with van der Waals surface area (Å²) < 4.78 is 39.3. The van der Waals surface area contributed by atoms with E-state index >= 15 is 0 Å². The summed E-state index contributed by atoms with van der Waals surface area (Å²) in [6.07, 6.45) is -4.56. The number of alkyl halides is 3. The maximum Gasteiger partial charge on any atom is 0.422 e. The van der Waals surface area contributed by atoms with Gasteiger partial charge < -0.3 is 10.5 Å². The molecule has 1 aromatic rings. The van der Waals surface area contributed by atoms with Crippen LogP contribution >= 0.6 is 11.6 Å². The van der Waals surface area contributed by atoms with Crippen LogP contribution in [0, 0.1) is 0 Å². The van der Waals surface area contributed by atoms with Crippen molar-refractivity contribution in [3.8, 4) is 0 Å². The zero-order valence-electron chi connectivity index (χ0n) is 7.84. The Morgan fingerprint density at radius 1 is 1.44 bits per heavy atom. The minimum atomic E-state index is -4.56. The number of rotatable bonds is 2. The minimum Gasteiger partial charge on any atom is -0.452 e. The summed E-state index contributed by atoms with van der Waals surface area (Å²) in [5.74, 6) is -1.13. The summed E-state index contributed by atoms with van der Waals surface area (Å²) in [5, 5.41) is 0.282. The van der Waals surface area contributed by atoms with E-state index in [-0.39, 0.29) is 16.3 Å². The molecule has 0 aliphatic heterocycles. The van der Waals surface area contributed by atoms with Gasteiger partial charge in [-0.3, -0.25) is 0 Å². The molecule has 0 bridgehead atoms. The molecule has 0 unspecified atom stereocenters. The number of halogens is 4. The van der Waals surface area contributed by atoms with Crippen molar-refractivity contribution in [2.45, 2.75) is 6.18 Å². The van der Waals surface area contributed by atoms with Crippen LogP contribution in [0.4, 0.5) is 18.9 Å². The first kappa shape index (κ1) is 12.6. The second-order valence-electron chi connectivity index (χ2n) is 2.92. The number of carbonyl (C=O) groups excluding carboxylic acids is 1. The molecule has 0 aliphatic carbocycles. The standard InChI is InChI=1S/C9H7ClF3NO2/c10-5-1-2-6(7(14)3-5)8(15)16-4-9(11,12)13/h1-3H,4,14H2. The van der Waals surface area contributed by atoms with Crippen LogP contribution in [0.3, 0.4) is 0 Å². The van der Waals surface area contributed by atoms with Gasteiger partial charge in [0, 0.05) is 10.7 Å². The topological polar surface area (TPSA) is 52.3 Å². The Labute approximate surface area is 93.9 Å². The Morgan fingerprint density at radius 3 is 2.56 bits per heavy atom. The fraction of sp³-hybridized carbons (Fsp3) is 0.222. The van der Waals surface area contributed by atoms with E-state index in [4.69, 9.17) is 17.3 Å². The van der Waals surface area contributed by atoms with Crippen LogP contribution in [0.15, 0.2) is 18.2 Å². The van der Waals surface area contributed by atoms with Gasteiger partial charge in [0.2, 0.25) is 0 Å². The monoisotopic (exact) mass is 253 g/mol. The summed E-state index contributed by atoms with van der Waals surface area (Å²) in [6.45, 7) is -1.64. The van der Waals surface area contributed by atoms with Crippen LogP contribution in [0.1, 0.15) is 10.4 Å². The Morgan fingerprint density at radius 2 is 2.06 bits per heavy atom. The third-order valence-corrected chi connectivity index (χ3v) is 1.84. The number of benzene rings is 1. The molecular formula is C9H7ClF3NO2. The minimum absolute atomic E-state index is 0.0281. The van der Waals surface area contributed by atoms with Crippen molar-refractivity contribution in [2.24, 2.45) is 0 Å². The Kier molecular flexibility index (Phi) is 3.64. The van der Waals surface area contributed by atoms with Gasteiger partial charge >= 0.3 is 12.1 Å². The normalized spacial score (nSPS) is 11.2. The second-order valence-corrected chi connectivity index (χ2v) is 3.36. The molecule has 1 aromatic carbocycles. The zero-order valence-corrected chi connectivity index (χ0v) is 8.60. The molecule has 0 radical (unpaired) electrons. The van der Waals surface area contributed by atoms with Crippen LogP contribution in [0.25, 0.3) is 0 Å². The highest BCUT2D eigenvalue weighted by molar-refractivity contribution is 6.31. The molecule has 0 heterocycles. The lowest BCUT2D eigenvalue weighted by atomic mass is 10.2. The summed E-state index contributed by atoms with van der Waals surface area (Å²) in [5.41, 5.74) is 5.22. The van der Waals surface area contributed by atoms with Crippen molar-refractivity contribution in [1.82, 2.24) is 0 Å². The van der Waals surface area contributed by atoms with Gasteiger partial charge in [0.1, 0.15) is 0 Å². The van der Waals surface area contributed by atoms with Crippen molar-refractivity contribution in [3.05, 3.63) is 28.8 Å². The van der Waals surface area contributed by atoms with Gasteiger partial charge in [-0.2, -0.15) is 13.2 Å². The van der Waals surface area contributed by atoms with Crippen LogP contribution in [0.5, 0.6) is 0 Å². The summed E-state index contributed by atoms with van der Waals surface area (Å²) in [4.78, 5) is 11.2. The molecule has 2 N–H and O–H groups in total. The molecule has 0 fully saturated rings. The molecule has 0 saturated heterocycles. The lowest BCUT2D eigenvalue weighted by Crippen LogP contribution is -2.20. The van der Waals surface area contributed by atoms with Crippen molar-refractivity contribution in [1.29, 1.82) is 0 Å². The number of hydrogen-bond donors (Lipinski definition) is 1. The summed E-state index contributed by atoms with van der Waals surface area (Å²) in [7, 11) is 0. The number of esters is 1. The average molecular weight is 254 g/mol. The smallest absolute Gasteiger partial charge is 0.422 e. The summed E-state index contributed by atoms with van der Waals surface area (Å²) in [6, 6.07) is 3.80. The number of carbonyl (C=O) groups is 1. The van der Waals surface area contributed by atoms with Gasteiger partial charge in [0.05, 0.1) is 5.56 Å². The van der Waals surface area contributed by atoms with E-state index in [0.29, 0.717) is 0 Å². The number of hydrogen-bond acceptors (Lipinski definition) is 3. The molecule has 0 atom stereocenters. The van der Waals surface area contributed by atoms with Crippen molar-refractivity contribution >= 4 is 23.3 Å². The molecule has 16 heavy (non-hydrogen) atoms. The van der Waals surface area contributed by atoms with Crippen LogP contribution in [-0.4, -0.2) is 18.8 Å². The molecule has 88 valence electrons. The molecule has 0 saturated carbocycles. The average Bonchev–Trinajstić information content (AvgIpc) is 2.13. The lowest BCUT2D eigenvalue weighted by molar-refractivity contribution is -0.161. The van der Waals surface area contributed by atoms with E-state index in [1.54, 1.807) is 0 Å². The lowest BCUT2D eigenvalue weighted by Gasteiger charge is -2.09. The van der Waals surface area contributed by atoms with E-state index < -0.39 is 18.8 Å². The SMILES string of the molecule is Nc1cc(Cl)ccc1C(=O)OCC(F)(F)F. The van der Waals surface area contributed by atoms with Crippen LogP contribution in [-0.2, 0) is 4.74 Å². The molecule has 3 nitrogen and oxygen atoms in total. The highest BCUT2D eigenvalue weighted by Crippen LogP contribution is 2.20. The largest absolute Gasteiger partial charge is 0.452 e. The fourth-order valence-electron chi connectivity index (χ4n) is 0.945. The highest BCUT2D eigenvalue weighted by Gasteiger charge is 2.30.